The molecule has 6 amide bonds. The minimum absolute atomic E-state index is 0.0179. The summed E-state index contributed by atoms with van der Waals surface area (Å²) in [5.74, 6) is -15.9. The second-order valence-electron chi connectivity index (χ2n) is 24.5. The van der Waals surface area contributed by atoms with Gasteiger partial charge in [-0.1, -0.05) is 111 Å². The van der Waals surface area contributed by atoms with Crippen molar-refractivity contribution >= 4 is 71.3 Å². The van der Waals surface area contributed by atoms with E-state index in [4.69, 9.17) is 34.2 Å². The first-order valence-corrected chi connectivity index (χ1v) is 29.2. The highest BCUT2D eigenvalue weighted by atomic mass is 16.6. The molecular formula is C58H99N7O18. The normalized spacial score (nSPS) is 27.8. The summed E-state index contributed by atoms with van der Waals surface area (Å²) in [5, 5.41) is 15.2. The van der Waals surface area contributed by atoms with E-state index in [9.17, 15) is 57.5 Å². The molecule has 0 saturated carbocycles. The van der Waals surface area contributed by atoms with Gasteiger partial charge in [-0.3, -0.25) is 28.8 Å². The number of nitrogens with two attached hydrogens (primary N) is 1. The van der Waals surface area contributed by atoms with Gasteiger partial charge in [0.25, 0.3) is 35.4 Å². The lowest BCUT2D eigenvalue weighted by atomic mass is 10.0. The topological polar surface area (TPSA) is 358 Å². The zero-order valence-corrected chi connectivity index (χ0v) is 52.4. The lowest BCUT2D eigenvalue weighted by Gasteiger charge is -2.29. The largest absolute Gasteiger partial charge is 0.451 e. The van der Waals surface area contributed by atoms with Crippen LogP contribution in [0.15, 0.2) is 0 Å². The fraction of sp³-hybridized carbons (Fsp3) is 0.793. The Kier molecular flexibility index (Phi) is 32.1. The van der Waals surface area contributed by atoms with Crippen molar-refractivity contribution in [2.24, 2.45) is 53.1 Å². The van der Waals surface area contributed by atoms with Crippen LogP contribution in [0.25, 0.3) is 0 Å². The third-order valence-electron chi connectivity index (χ3n) is 13.2. The van der Waals surface area contributed by atoms with Gasteiger partial charge >= 0.3 is 35.8 Å². The first-order valence-electron chi connectivity index (χ1n) is 29.2. The summed E-state index contributed by atoms with van der Waals surface area (Å²) in [6.45, 7) is 30.5. The molecule has 474 valence electrons. The maximum atomic E-state index is 14.0. The van der Waals surface area contributed by atoms with Gasteiger partial charge in [-0.05, 0) is 113 Å². The number of carbonyl (C=O) groups is 12. The molecule has 83 heavy (non-hydrogen) atoms. The summed E-state index contributed by atoms with van der Waals surface area (Å²) < 4.78 is 34.2. The molecular weight excluding hydrogens is 1080 g/mol. The summed E-state index contributed by atoms with van der Waals surface area (Å²) in [6.07, 6.45) is -8.52. The fourth-order valence-corrected chi connectivity index (χ4v) is 8.28. The smallest absolute Gasteiger partial charge is 0.329 e. The second kappa shape index (κ2) is 35.7. The van der Waals surface area contributed by atoms with Crippen molar-refractivity contribution in [2.45, 2.75) is 243 Å². The number of rotatable bonds is 15. The van der Waals surface area contributed by atoms with Crippen molar-refractivity contribution in [2.75, 3.05) is 6.54 Å². The molecule has 1 aliphatic heterocycles. The van der Waals surface area contributed by atoms with Crippen LogP contribution in [0.4, 0.5) is 0 Å². The fourth-order valence-electron chi connectivity index (χ4n) is 8.28. The Balaban J connectivity index is 3.97. The number of cyclic esters (lactones) is 6. The van der Waals surface area contributed by atoms with Crippen LogP contribution in [0.2, 0.25) is 0 Å². The molecule has 0 spiro atoms. The predicted octanol–water partition coefficient (Wildman–Crippen LogP) is 2.99. The van der Waals surface area contributed by atoms with Gasteiger partial charge < -0.3 is 66.1 Å². The average Bonchev–Trinajstić information content (AvgIpc) is 3.46. The van der Waals surface area contributed by atoms with Gasteiger partial charge in [-0.2, -0.15) is 0 Å². The zero-order chi connectivity index (χ0) is 63.9. The van der Waals surface area contributed by atoms with Crippen molar-refractivity contribution in [1.82, 2.24) is 31.9 Å². The van der Waals surface area contributed by atoms with Gasteiger partial charge in [0.1, 0.15) is 36.3 Å². The van der Waals surface area contributed by atoms with E-state index < -0.39 is 174 Å². The molecule has 0 unspecified atom stereocenters. The minimum atomic E-state index is -1.54. The monoisotopic (exact) mass is 1180 g/mol. The summed E-state index contributed by atoms with van der Waals surface area (Å²) >= 11 is 0. The molecule has 0 radical (unpaired) electrons. The summed E-state index contributed by atoms with van der Waals surface area (Å²) in [7, 11) is 0. The highest BCUT2D eigenvalue weighted by molar-refractivity contribution is 5.95. The van der Waals surface area contributed by atoms with Crippen molar-refractivity contribution < 1.29 is 86.0 Å². The van der Waals surface area contributed by atoms with E-state index in [2.05, 4.69) is 31.9 Å². The molecule has 0 aromatic rings. The molecule has 25 nitrogen and oxygen atoms in total. The van der Waals surface area contributed by atoms with Gasteiger partial charge in [0, 0.05) is 0 Å². The Morgan fingerprint density at radius 1 is 0.337 bits per heavy atom. The zero-order valence-electron chi connectivity index (χ0n) is 52.4. The quantitative estimate of drug-likeness (QED) is 0.0704. The third-order valence-corrected chi connectivity index (χ3v) is 13.2. The SMILES string of the molecule is CC(C)C[C@H]1OC(=O)[C@H](CCCCN)NC(=O)[C@H](C(C)C)OC(=O)[C@@H](C)NC(=O)[C@@H](CC(C)C)OC(=O)[C@H](C(C)C)NC(=O)[C@H](C(C)C)OC(=O)[C@@H](C)NC(=O)[C@@H](CC(C)C)OC(=O)[C@H](C(C)C)NC(=O)[C@H](C(C)C)OC(=O)[C@@H](C)NC1=O. The van der Waals surface area contributed by atoms with Crippen LogP contribution >= 0.6 is 0 Å². The van der Waals surface area contributed by atoms with Crippen LogP contribution in [0, 0.1) is 47.3 Å². The molecule has 0 aromatic carbocycles. The van der Waals surface area contributed by atoms with Gasteiger partial charge in [0.15, 0.2) is 36.6 Å². The summed E-state index contributed by atoms with van der Waals surface area (Å²) in [6, 6.07) is -8.49. The minimum Gasteiger partial charge on any atom is -0.451 e. The van der Waals surface area contributed by atoms with Crippen LogP contribution in [0.3, 0.4) is 0 Å². The van der Waals surface area contributed by atoms with E-state index in [0.29, 0.717) is 12.8 Å². The van der Waals surface area contributed by atoms with Gasteiger partial charge in [-0.15, -0.1) is 0 Å². The molecule has 8 N–H and O–H groups in total. The Labute approximate surface area is 490 Å². The first kappa shape index (κ1) is 74.6. The third kappa shape index (κ3) is 25.6. The van der Waals surface area contributed by atoms with E-state index in [1.807, 2.05) is 0 Å². The van der Waals surface area contributed by atoms with E-state index in [1.165, 1.54) is 20.8 Å². The van der Waals surface area contributed by atoms with Gasteiger partial charge in [0.2, 0.25) is 0 Å². The van der Waals surface area contributed by atoms with E-state index in [-0.39, 0.29) is 50.0 Å². The molecule has 1 rings (SSSR count). The maximum absolute atomic E-state index is 14.0. The Morgan fingerprint density at radius 2 is 0.614 bits per heavy atom. The number of amides is 6. The molecule has 0 aromatic heterocycles. The molecule has 25 heteroatoms. The average molecular weight is 1180 g/mol. The van der Waals surface area contributed by atoms with E-state index in [1.54, 1.807) is 111 Å². The van der Waals surface area contributed by atoms with Gasteiger partial charge in [-0.25, -0.2) is 28.8 Å². The van der Waals surface area contributed by atoms with E-state index in [0.717, 1.165) is 0 Å². The molecule has 1 saturated heterocycles. The molecule has 1 fully saturated rings. The number of nitrogens with one attached hydrogen (secondary N) is 6. The van der Waals surface area contributed by atoms with Crippen molar-refractivity contribution in [3.8, 4) is 0 Å². The number of esters is 6. The maximum Gasteiger partial charge on any atom is 0.329 e. The van der Waals surface area contributed by atoms with Gasteiger partial charge in [0.05, 0.1) is 0 Å². The van der Waals surface area contributed by atoms with Crippen LogP contribution in [0.1, 0.15) is 170 Å². The lowest BCUT2D eigenvalue weighted by Crippen LogP contribution is -2.55. The molecule has 1 heterocycles. The Bertz CT molecular complexity index is 2210. The first-order chi connectivity index (χ1) is 38.4. The van der Waals surface area contributed by atoms with Crippen LogP contribution in [0.5, 0.6) is 0 Å². The highest BCUT2D eigenvalue weighted by Crippen LogP contribution is 2.20. The highest BCUT2D eigenvalue weighted by Gasteiger charge is 2.41. The van der Waals surface area contributed by atoms with Crippen molar-refractivity contribution in [3.63, 3.8) is 0 Å². The second-order valence-corrected chi connectivity index (χ2v) is 24.5. The Hall–Kier alpha value is -6.40. The predicted molar refractivity (Wildman–Crippen MR) is 303 cm³/mol. The molecule has 0 aliphatic carbocycles. The number of carbonyl (C=O) groups excluding carboxylic acids is 12. The van der Waals surface area contributed by atoms with E-state index >= 15 is 0 Å². The molecule has 12 atom stereocenters. The summed E-state index contributed by atoms with van der Waals surface area (Å²) in [5.41, 5.74) is 5.75. The number of hydrogen-bond donors (Lipinski definition) is 7. The summed E-state index contributed by atoms with van der Waals surface area (Å²) in [4.78, 5) is 167. The number of hydrogen-bond acceptors (Lipinski definition) is 19. The molecule has 0 bridgehead atoms. The Morgan fingerprint density at radius 3 is 0.867 bits per heavy atom. The number of unbranched alkanes of at least 4 members (excludes halogenated alkanes) is 1. The standard InChI is InChI=1S/C58H99N7O18/c1-27(2)24-39-47(66)60-36(18)54(73)82-45(33(13)14)51(70)64-43(31(9)10)58(77)80-41(26-29(5)6)49(68)62-37(19)55(74)83-46(34(15)16)52(71)65-42(30(7)8)57(76)79-40(25-28(3)4)48(67)61-35(17)53(72)81-44(32(11)12)50(69)63-38(56(75)78-39)22-20-21-23-59/h27-46H,20-26,59H2,1-19H3,(H,60,66)(H,61,67)(H,62,68)(H,63,69)(H,64,70)(H,65,71)/t35-,36-,37-,38+,39-,40-,41-,42+,43+,44+,45+,46+/m1/s1. The lowest BCUT2D eigenvalue weighted by molar-refractivity contribution is -0.167. The molecule has 1 aliphatic rings. The van der Waals surface area contributed by atoms with Crippen molar-refractivity contribution in [1.29, 1.82) is 0 Å². The number of ether oxygens (including phenoxy) is 6. The van der Waals surface area contributed by atoms with Crippen molar-refractivity contribution in [3.05, 3.63) is 0 Å². The van der Waals surface area contributed by atoms with Crippen LogP contribution in [-0.4, -0.2) is 151 Å². The van der Waals surface area contributed by atoms with Crippen LogP contribution < -0.4 is 37.6 Å². The van der Waals surface area contributed by atoms with Crippen LogP contribution in [-0.2, 0) is 86.0 Å².